The number of hydrogen-bond donors (Lipinski definition) is 0. The fraction of sp³-hybridized carbons (Fsp3) is 1.00. The van der Waals surface area contributed by atoms with Gasteiger partial charge in [0.15, 0.2) is 0 Å². The first-order valence-corrected chi connectivity index (χ1v) is 7.69. The molecule has 0 aliphatic heterocycles. The quantitative estimate of drug-likeness (QED) is 0.490. The van der Waals surface area contributed by atoms with Gasteiger partial charge in [0.25, 0.3) is 0 Å². The Morgan fingerprint density at radius 3 is 2.20 bits per heavy atom. The Bertz CT molecular complexity index is 93.7. The van der Waals surface area contributed by atoms with E-state index in [4.69, 9.17) is 26.6 Å². The molecule has 0 heterocycles. The topological polar surface area (TPSA) is 9.23 Å². The monoisotopic (exact) mass is 198 g/mol. The van der Waals surface area contributed by atoms with Crippen molar-refractivity contribution in [3.63, 3.8) is 0 Å². The number of rotatable bonds is 2. The van der Waals surface area contributed by atoms with Crippen molar-refractivity contribution in [3.8, 4) is 0 Å². The fourth-order valence-corrected chi connectivity index (χ4v) is 2.78. The predicted molar refractivity (Wildman–Crippen MR) is 46.8 cm³/mol. The largest absolute Gasteiger partial charge is 0.391 e. The second kappa shape index (κ2) is 4.60. The van der Waals surface area contributed by atoms with Crippen molar-refractivity contribution in [2.75, 3.05) is 0 Å². The Hall–Kier alpha value is 0.757. The maximum Gasteiger partial charge on any atom is 0.373 e. The fourth-order valence-electron chi connectivity index (χ4n) is 1.35. The minimum atomic E-state index is -1.80. The highest BCUT2D eigenvalue weighted by Gasteiger charge is 2.16. The Morgan fingerprint density at radius 1 is 1.10 bits per heavy atom. The summed E-state index contributed by atoms with van der Waals surface area (Å²) in [5, 5.41) is 0. The summed E-state index contributed by atoms with van der Waals surface area (Å²) in [6.07, 6.45) is 6.59. The van der Waals surface area contributed by atoms with Crippen LogP contribution < -0.4 is 0 Å². The van der Waals surface area contributed by atoms with Gasteiger partial charge >= 0.3 is 7.66 Å². The van der Waals surface area contributed by atoms with Gasteiger partial charge in [0, 0.05) is 6.10 Å². The summed E-state index contributed by atoms with van der Waals surface area (Å²) in [6.45, 7) is 0. The molecule has 1 aliphatic carbocycles. The van der Waals surface area contributed by atoms with Crippen molar-refractivity contribution in [1.82, 2.24) is 0 Å². The molecule has 4 heteroatoms. The highest BCUT2D eigenvalue weighted by atomic mass is 35.7. The van der Waals surface area contributed by atoms with Crippen molar-refractivity contribution >= 4 is 29.8 Å². The minimum absolute atomic E-state index is 0.375. The zero-order valence-corrected chi connectivity index (χ0v) is 8.52. The third-order valence-electron chi connectivity index (χ3n) is 1.85. The third-order valence-corrected chi connectivity index (χ3v) is 3.06. The van der Waals surface area contributed by atoms with Crippen LogP contribution in [-0.4, -0.2) is 13.8 Å². The lowest BCUT2D eigenvalue weighted by molar-refractivity contribution is 0.164. The molecule has 1 rings (SSSR count). The van der Waals surface area contributed by atoms with Crippen LogP contribution in [0.1, 0.15) is 32.1 Å². The van der Waals surface area contributed by atoms with Gasteiger partial charge in [-0.1, -0.05) is 19.3 Å². The zero-order valence-electron chi connectivity index (χ0n) is 5.85. The van der Waals surface area contributed by atoms with Gasteiger partial charge in [-0.15, -0.1) is 22.2 Å². The van der Waals surface area contributed by atoms with Gasteiger partial charge in [0.1, 0.15) is 0 Å². The summed E-state index contributed by atoms with van der Waals surface area (Å²) in [7, 11) is -1.80. The molecule has 0 aromatic carbocycles. The van der Waals surface area contributed by atoms with Crippen molar-refractivity contribution in [1.29, 1.82) is 0 Å². The Kier molecular flexibility index (Phi) is 4.07. The number of hydrogen-bond acceptors (Lipinski definition) is 1. The normalized spacial score (nSPS) is 21.9. The molecule has 1 fully saturated rings. The van der Waals surface area contributed by atoms with Gasteiger partial charge in [-0.25, -0.2) is 0 Å². The van der Waals surface area contributed by atoms with E-state index in [1.165, 1.54) is 19.3 Å². The van der Waals surface area contributed by atoms with E-state index in [1.54, 1.807) is 0 Å². The van der Waals surface area contributed by atoms with E-state index in [0.717, 1.165) is 12.8 Å². The SMILES string of the molecule is Cl[SiH](Cl)OC1CCCCC1. The average Bonchev–Trinajstić information content (AvgIpc) is 1.88. The standard InChI is InChI=1S/C6H12Cl2OSi/c7-10(8)9-6-4-2-1-3-5-6/h6,10H,1-5H2. The van der Waals surface area contributed by atoms with Gasteiger partial charge < -0.3 is 4.43 Å². The van der Waals surface area contributed by atoms with Crippen molar-refractivity contribution in [3.05, 3.63) is 0 Å². The van der Waals surface area contributed by atoms with Crippen LogP contribution in [-0.2, 0) is 4.43 Å². The first-order valence-electron chi connectivity index (χ1n) is 3.72. The number of halogens is 2. The van der Waals surface area contributed by atoms with Gasteiger partial charge in [-0.2, -0.15) is 0 Å². The summed E-state index contributed by atoms with van der Waals surface area (Å²) in [5.74, 6) is 0. The molecule has 10 heavy (non-hydrogen) atoms. The smallest absolute Gasteiger partial charge is 0.373 e. The summed E-state index contributed by atoms with van der Waals surface area (Å²) in [6, 6.07) is 0. The van der Waals surface area contributed by atoms with Crippen LogP contribution in [0.4, 0.5) is 0 Å². The van der Waals surface area contributed by atoms with Crippen LogP contribution in [0.5, 0.6) is 0 Å². The van der Waals surface area contributed by atoms with Crippen molar-refractivity contribution in [2.45, 2.75) is 38.2 Å². The summed E-state index contributed by atoms with van der Waals surface area (Å²) in [5.41, 5.74) is 0. The molecule has 0 spiro atoms. The molecule has 1 aliphatic rings. The molecule has 60 valence electrons. The van der Waals surface area contributed by atoms with Gasteiger partial charge in [0.2, 0.25) is 0 Å². The van der Waals surface area contributed by atoms with Crippen LogP contribution in [0.15, 0.2) is 0 Å². The second-order valence-electron chi connectivity index (χ2n) is 2.66. The molecule has 0 amide bonds. The summed E-state index contributed by atoms with van der Waals surface area (Å²) >= 11 is 11.2. The van der Waals surface area contributed by atoms with E-state index in [-0.39, 0.29) is 0 Å². The molecule has 0 atom stereocenters. The van der Waals surface area contributed by atoms with Gasteiger partial charge in [-0.3, -0.25) is 0 Å². The Morgan fingerprint density at radius 2 is 1.70 bits per heavy atom. The average molecular weight is 199 g/mol. The van der Waals surface area contributed by atoms with E-state index in [2.05, 4.69) is 0 Å². The van der Waals surface area contributed by atoms with Gasteiger partial charge in [-0.05, 0) is 12.8 Å². The van der Waals surface area contributed by atoms with E-state index >= 15 is 0 Å². The highest BCUT2D eigenvalue weighted by molar-refractivity contribution is 7.30. The lowest BCUT2D eigenvalue weighted by Gasteiger charge is -2.22. The van der Waals surface area contributed by atoms with Crippen LogP contribution in [0, 0.1) is 0 Å². The molecular formula is C6H12Cl2OSi. The molecule has 0 N–H and O–H groups in total. The van der Waals surface area contributed by atoms with Crippen molar-refractivity contribution in [2.24, 2.45) is 0 Å². The molecular weight excluding hydrogens is 187 g/mol. The molecule has 0 unspecified atom stereocenters. The van der Waals surface area contributed by atoms with Crippen LogP contribution >= 0.6 is 22.2 Å². The lowest BCUT2D eigenvalue weighted by atomic mass is 9.98. The molecule has 1 nitrogen and oxygen atoms in total. The summed E-state index contributed by atoms with van der Waals surface area (Å²) in [4.78, 5) is 0. The van der Waals surface area contributed by atoms with Crippen LogP contribution in [0.2, 0.25) is 0 Å². The van der Waals surface area contributed by atoms with Crippen LogP contribution in [0.3, 0.4) is 0 Å². The molecule has 0 saturated heterocycles. The molecule has 0 radical (unpaired) electrons. The minimum Gasteiger partial charge on any atom is -0.391 e. The summed E-state index contributed by atoms with van der Waals surface area (Å²) < 4.78 is 5.36. The predicted octanol–water partition coefficient (Wildman–Crippen LogP) is 2.53. The Balaban J connectivity index is 2.13. The van der Waals surface area contributed by atoms with E-state index in [0.29, 0.717) is 6.10 Å². The zero-order chi connectivity index (χ0) is 7.40. The molecule has 0 bridgehead atoms. The molecule has 0 aromatic rings. The maximum absolute atomic E-state index is 5.59. The van der Waals surface area contributed by atoms with E-state index < -0.39 is 7.66 Å². The maximum atomic E-state index is 5.59. The molecule has 1 saturated carbocycles. The van der Waals surface area contributed by atoms with E-state index in [9.17, 15) is 0 Å². The molecule has 0 aromatic heterocycles. The Labute approximate surface area is 72.8 Å². The lowest BCUT2D eigenvalue weighted by Crippen LogP contribution is -2.20. The third kappa shape index (κ3) is 3.24. The first kappa shape index (κ1) is 8.85. The van der Waals surface area contributed by atoms with E-state index in [1.807, 2.05) is 0 Å². The van der Waals surface area contributed by atoms with Gasteiger partial charge in [0.05, 0.1) is 0 Å². The van der Waals surface area contributed by atoms with Crippen LogP contribution in [0.25, 0.3) is 0 Å². The van der Waals surface area contributed by atoms with Crippen molar-refractivity contribution < 1.29 is 4.43 Å². The highest BCUT2D eigenvalue weighted by Crippen LogP contribution is 2.21. The first-order chi connectivity index (χ1) is 4.79. The second-order valence-corrected chi connectivity index (χ2v) is 6.50.